The molecule has 39 heavy (non-hydrogen) atoms. The van der Waals surface area contributed by atoms with Gasteiger partial charge in [-0.2, -0.15) is 0 Å². The van der Waals surface area contributed by atoms with E-state index in [2.05, 4.69) is 68.0 Å². The van der Waals surface area contributed by atoms with E-state index in [1.807, 2.05) is 24.8 Å². The number of nitrogens with zero attached hydrogens (tertiary/aromatic N) is 8. The summed E-state index contributed by atoms with van der Waals surface area (Å²) in [5, 5.41) is 17.1. The van der Waals surface area contributed by atoms with Gasteiger partial charge in [-0.3, -0.25) is 0 Å². The van der Waals surface area contributed by atoms with E-state index in [1.54, 1.807) is 0 Å². The zero-order valence-corrected chi connectivity index (χ0v) is 25.7. The van der Waals surface area contributed by atoms with E-state index in [9.17, 15) is 0 Å². The first kappa shape index (κ1) is 29.3. The fourth-order valence-electron chi connectivity index (χ4n) is 5.32. The molecule has 0 unspecified atom stereocenters. The molecule has 2 aliphatic rings. The van der Waals surface area contributed by atoms with Crippen LogP contribution in [0.25, 0.3) is 23.0 Å². The topological polar surface area (TPSA) is 106 Å². The van der Waals surface area contributed by atoms with Crippen LogP contribution in [0.3, 0.4) is 0 Å². The monoisotopic (exact) mass is 705 g/mol. The molecule has 4 heterocycles. The maximum atomic E-state index is 4.47. The third-order valence-corrected chi connectivity index (χ3v) is 7.11. The molecule has 0 fully saturated rings. The Morgan fingerprint density at radius 2 is 0.949 bits per heavy atom. The first-order valence-electron chi connectivity index (χ1n) is 14.1. The quantitative estimate of drug-likeness (QED) is 0.272. The van der Waals surface area contributed by atoms with Crippen molar-refractivity contribution < 1.29 is 21.1 Å². The molecule has 0 aliphatic heterocycles. The van der Waals surface area contributed by atoms with E-state index >= 15 is 0 Å². The zero-order valence-electron chi connectivity index (χ0n) is 23.4. The average molecular weight is 706 g/mol. The van der Waals surface area contributed by atoms with Gasteiger partial charge in [0.15, 0.2) is 0 Å². The van der Waals surface area contributed by atoms with E-state index in [0.29, 0.717) is 11.8 Å². The summed E-state index contributed by atoms with van der Waals surface area (Å²) in [5.41, 5.74) is 8.99. The minimum atomic E-state index is 0. The summed E-state index contributed by atoms with van der Waals surface area (Å²) in [4.78, 5) is 17.9. The molecule has 0 saturated carbocycles. The molecule has 9 heteroatoms. The molecule has 6 rings (SSSR count). The minimum Gasteiger partial charge on any atom is -0.572 e. The number of aromatic nitrogens is 8. The molecule has 0 spiro atoms. The molecule has 0 amide bonds. The maximum absolute atomic E-state index is 4.47. The van der Waals surface area contributed by atoms with Gasteiger partial charge in [0.2, 0.25) is 0 Å². The molecule has 8 nitrogen and oxygen atoms in total. The van der Waals surface area contributed by atoms with Crippen LogP contribution in [0.5, 0.6) is 0 Å². The Balaban J connectivity index is 0.000000176. The summed E-state index contributed by atoms with van der Waals surface area (Å²) >= 11 is 0. The van der Waals surface area contributed by atoms with Crippen molar-refractivity contribution >= 4 is 0 Å². The van der Waals surface area contributed by atoms with E-state index in [4.69, 9.17) is 0 Å². The van der Waals surface area contributed by atoms with Crippen molar-refractivity contribution in [3.05, 3.63) is 58.4 Å². The Bertz CT molecular complexity index is 1220. The molecule has 208 valence electrons. The van der Waals surface area contributed by atoms with Crippen molar-refractivity contribution in [2.24, 2.45) is 11.8 Å². The van der Waals surface area contributed by atoms with Crippen molar-refractivity contribution in [1.82, 2.24) is 40.3 Å². The van der Waals surface area contributed by atoms with Gasteiger partial charge in [-0.25, -0.2) is 19.9 Å². The van der Waals surface area contributed by atoms with Crippen LogP contribution in [0.1, 0.15) is 87.0 Å². The summed E-state index contributed by atoms with van der Waals surface area (Å²) in [6.45, 7) is 8.81. The van der Waals surface area contributed by atoms with Crippen LogP contribution in [0.4, 0.5) is 0 Å². The molecule has 2 aliphatic carbocycles. The predicted molar refractivity (Wildman–Crippen MR) is 148 cm³/mol. The molecule has 0 atom stereocenters. The second-order valence-electron chi connectivity index (χ2n) is 11.4. The fourth-order valence-corrected chi connectivity index (χ4v) is 5.32. The summed E-state index contributed by atoms with van der Waals surface area (Å²) in [6, 6.07) is 0. The normalized spacial score (nSPS) is 14.3. The molecule has 0 saturated heterocycles. The number of aryl methyl sites for hydroxylation is 2. The molecule has 0 bridgehead atoms. The Morgan fingerprint density at radius 3 is 1.31 bits per heavy atom. The molecular formula is C30H38N8Pt. The Labute approximate surface area is 245 Å². The van der Waals surface area contributed by atoms with Gasteiger partial charge in [-0.1, -0.05) is 39.1 Å². The SMILES string of the molecule is CC(C)Cc1cnc(-c2[n-]nc3c2CCCC3)nc1.CC(C)Cc1cnc(-c2[n-]nc3c2CCCC3)nc1.[Pt+2]. The van der Waals surface area contributed by atoms with E-state index in [1.165, 1.54) is 47.9 Å². The van der Waals surface area contributed by atoms with Crippen LogP contribution < -0.4 is 10.2 Å². The maximum Gasteiger partial charge on any atom is 2.00 e. The predicted octanol–water partition coefficient (Wildman–Crippen LogP) is 5.14. The number of rotatable bonds is 6. The van der Waals surface area contributed by atoms with Crippen LogP contribution >= 0.6 is 0 Å². The standard InChI is InChI=1S/2C15H19N4.Pt/c2*1-10(2)7-11-8-16-15(17-9-11)14-12-5-3-4-6-13(12)18-19-14;/h2*8-10H,3-7H2,1-2H3;/q2*-1;+2. The molecule has 0 radical (unpaired) electrons. The summed E-state index contributed by atoms with van der Waals surface area (Å²) in [6.07, 6.45) is 18.8. The van der Waals surface area contributed by atoms with Gasteiger partial charge < -0.3 is 20.4 Å². The fraction of sp³-hybridized carbons (Fsp3) is 0.533. The van der Waals surface area contributed by atoms with Crippen molar-refractivity contribution in [2.45, 2.75) is 91.9 Å². The van der Waals surface area contributed by atoms with Gasteiger partial charge in [-0.05, 0) is 98.3 Å². The molecule has 4 aromatic rings. The van der Waals surface area contributed by atoms with Gasteiger partial charge in [0, 0.05) is 36.2 Å². The van der Waals surface area contributed by atoms with E-state index in [0.717, 1.165) is 72.9 Å². The Hall–Kier alpha value is -2.73. The van der Waals surface area contributed by atoms with Crippen LogP contribution in [0, 0.1) is 11.8 Å². The van der Waals surface area contributed by atoms with E-state index < -0.39 is 0 Å². The van der Waals surface area contributed by atoms with Crippen molar-refractivity contribution in [3.8, 4) is 23.0 Å². The average Bonchev–Trinajstić information content (AvgIpc) is 3.54. The summed E-state index contributed by atoms with van der Waals surface area (Å²) in [7, 11) is 0. The zero-order chi connectivity index (χ0) is 26.5. The van der Waals surface area contributed by atoms with Crippen LogP contribution in [-0.4, -0.2) is 30.1 Å². The Morgan fingerprint density at radius 1 is 0.590 bits per heavy atom. The van der Waals surface area contributed by atoms with Crippen LogP contribution in [0.2, 0.25) is 0 Å². The molecule has 4 aromatic heterocycles. The number of hydrogen-bond donors (Lipinski definition) is 0. The molecule has 0 aromatic carbocycles. The smallest absolute Gasteiger partial charge is 0.572 e. The largest absolute Gasteiger partial charge is 2.00 e. The number of hydrogen-bond acceptors (Lipinski definition) is 6. The minimum absolute atomic E-state index is 0. The van der Waals surface area contributed by atoms with Gasteiger partial charge in [-0.15, -0.1) is 0 Å². The third-order valence-electron chi connectivity index (χ3n) is 7.11. The third kappa shape index (κ3) is 7.27. The van der Waals surface area contributed by atoms with Crippen molar-refractivity contribution in [3.63, 3.8) is 0 Å². The van der Waals surface area contributed by atoms with Crippen LogP contribution in [0.15, 0.2) is 24.8 Å². The Kier molecular flexibility index (Phi) is 10.2. The summed E-state index contributed by atoms with van der Waals surface area (Å²) in [5.74, 6) is 2.70. The first-order valence-corrected chi connectivity index (χ1v) is 14.1. The summed E-state index contributed by atoms with van der Waals surface area (Å²) < 4.78 is 0. The number of fused-ring (bicyclic) bond motifs is 2. The molecule has 0 N–H and O–H groups in total. The van der Waals surface area contributed by atoms with Crippen molar-refractivity contribution in [2.75, 3.05) is 0 Å². The second-order valence-corrected chi connectivity index (χ2v) is 11.4. The van der Waals surface area contributed by atoms with E-state index in [-0.39, 0.29) is 21.1 Å². The first-order chi connectivity index (χ1) is 18.5. The van der Waals surface area contributed by atoms with Gasteiger partial charge in [0.1, 0.15) is 11.6 Å². The van der Waals surface area contributed by atoms with Gasteiger partial charge >= 0.3 is 21.1 Å². The van der Waals surface area contributed by atoms with Gasteiger partial charge in [0.05, 0.1) is 0 Å². The second kappa shape index (κ2) is 13.6. The van der Waals surface area contributed by atoms with Gasteiger partial charge in [0.25, 0.3) is 0 Å². The van der Waals surface area contributed by atoms with Crippen LogP contribution in [-0.2, 0) is 59.6 Å². The van der Waals surface area contributed by atoms with Crippen molar-refractivity contribution in [1.29, 1.82) is 0 Å². The molecular weight excluding hydrogens is 667 g/mol.